The predicted molar refractivity (Wildman–Crippen MR) is 117 cm³/mol. The summed E-state index contributed by atoms with van der Waals surface area (Å²) in [5, 5.41) is 6.66. The summed E-state index contributed by atoms with van der Waals surface area (Å²) in [6.07, 6.45) is 2.86. The number of nitrogens with one attached hydrogen (secondary N) is 2. The number of anilines is 2. The van der Waals surface area contributed by atoms with E-state index in [4.69, 9.17) is 10.5 Å². The summed E-state index contributed by atoms with van der Waals surface area (Å²) in [4.78, 5) is 19.2. The van der Waals surface area contributed by atoms with Crippen molar-refractivity contribution in [1.82, 2.24) is 15.2 Å². The van der Waals surface area contributed by atoms with Crippen LogP contribution in [0.15, 0.2) is 30.3 Å². The maximum atomic E-state index is 12.8. The van der Waals surface area contributed by atoms with E-state index in [1.54, 1.807) is 7.11 Å². The van der Waals surface area contributed by atoms with Crippen molar-refractivity contribution >= 4 is 17.4 Å². The SMILES string of the molecule is CCCCNc1cc(N)nc(Cc2ccc(C(=O)N3CCNCC3)c(OC)c2)c1. The van der Waals surface area contributed by atoms with Crippen molar-refractivity contribution in [3.63, 3.8) is 0 Å². The van der Waals surface area contributed by atoms with E-state index in [-0.39, 0.29) is 5.91 Å². The molecule has 0 bridgehead atoms. The summed E-state index contributed by atoms with van der Waals surface area (Å²) >= 11 is 0. The third-order valence-corrected chi connectivity index (χ3v) is 5.04. The molecule has 0 atom stereocenters. The first kappa shape index (κ1) is 20.9. The number of methoxy groups -OCH3 is 1. The number of nitrogen functional groups attached to an aromatic ring is 1. The lowest BCUT2D eigenvalue weighted by molar-refractivity contribution is 0.0732. The maximum absolute atomic E-state index is 12.8. The smallest absolute Gasteiger partial charge is 0.257 e. The quantitative estimate of drug-likeness (QED) is 0.593. The molecule has 1 aliphatic heterocycles. The summed E-state index contributed by atoms with van der Waals surface area (Å²) < 4.78 is 5.53. The molecule has 1 saturated heterocycles. The molecular formula is C22H31N5O2. The van der Waals surface area contributed by atoms with E-state index < -0.39 is 0 Å². The van der Waals surface area contributed by atoms with Gasteiger partial charge in [-0.25, -0.2) is 4.98 Å². The number of rotatable bonds is 8. The molecule has 156 valence electrons. The van der Waals surface area contributed by atoms with E-state index in [1.807, 2.05) is 35.2 Å². The molecule has 4 N–H and O–H groups in total. The Hall–Kier alpha value is -2.80. The highest BCUT2D eigenvalue weighted by atomic mass is 16.5. The highest BCUT2D eigenvalue weighted by Gasteiger charge is 2.21. The van der Waals surface area contributed by atoms with E-state index >= 15 is 0 Å². The van der Waals surface area contributed by atoms with Gasteiger partial charge in [-0.3, -0.25) is 4.79 Å². The second-order valence-electron chi connectivity index (χ2n) is 7.31. The molecule has 29 heavy (non-hydrogen) atoms. The molecule has 0 radical (unpaired) electrons. The van der Waals surface area contributed by atoms with E-state index in [0.29, 0.717) is 36.6 Å². The van der Waals surface area contributed by atoms with Gasteiger partial charge in [-0.05, 0) is 30.2 Å². The first-order chi connectivity index (χ1) is 14.1. The van der Waals surface area contributed by atoms with Gasteiger partial charge in [0.25, 0.3) is 5.91 Å². The van der Waals surface area contributed by atoms with Crippen molar-refractivity contribution < 1.29 is 9.53 Å². The summed E-state index contributed by atoms with van der Waals surface area (Å²) in [7, 11) is 1.60. The van der Waals surface area contributed by atoms with Crippen LogP contribution >= 0.6 is 0 Å². The van der Waals surface area contributed by atoms with E-state index in [2.05, 4.69) is 22.5 Å². The van der Waals surface area contributed by atoms with Crippen LogP contribution in [0.1, 0.15) is 41.4 Å². The number of hydrogen-bond acceptors (Lipinski definition) is 6. The van der Waals surface area contributed by atoms with Gasteiger partial charge in [0.2, 0.25) is 0 Å². The minimum atomic E-state index is 0.0133. The standard InChI is InChI=1S/C22H31N5O2/c1-3-4-7-25-17-14-18(26-21(23)15-17)12-16-5-6-19(20(13-16)29-2)22(28)27-10-8-24-9-11-27/h5-6,13-15,24H,3-4,7-12H2,1-2H3,(H3,23,25,26). The van der Waals surface area contributed by atoms with Crippen molar-refractivity contribution in [3.05, 3.63) is 47.2 Å². The van der Waals surface area contributed by atoms with Gasteiger partial charge in [0, 0.05) is 56.6 Å². The lowest BCUT2D eigenvalue weighted by atomic mass is 10.0. The Kier molecular flexibility index (Phi) is 7.30. The van der Waals surface area contributed by atoms with Gasteiger partial charge in [0.15, 0.2) is 0 Å². The minimum absolute atomic E-state index is 0.0133. The van der Waals surface area contributed by atoms with Crippen LogP contribution in [-0.2, 0) is 6.42 Å². The van der Waals surface area contributed by atoms with Gasteiger partial charge in [-0.15, -0.1) is 0 Å². The molecule has 7 nitrogen and oxygen atoms in total. The Morgan fingerprint density at radius 3 is 2.79 bits per heavy atom. The van der Waals surface area contributed by atoms with Crippen LogP contribution in [0.4, 0.5) is 11.5 Å². The zero-order valence-electron chi connectivity index (χ0n) is 17.3. The normalized spacial score (nSPS) is 13.9. The Balaban J connectivity index is 1.75. The van der Waals surface area contributed by atoms with Crippen molar-refractivity contribution in [2.24, 2.45) is 0 Å². The molecule has 1 amide bonds. The van der Waals surface area contributed by atoms with Crippen LogP contribution in [0.2, 0.25) is 0 Å². The van der Waals surface area contributed by atoms with Crippen molar-refractivity contribution in [1.29, 1.82) is 0 Å². The van der Waals surface area contributed by atoms with Crippen LogP contribution in [0, 0.1) is 0 Å². The summed E-state index contributed by atoms with van der Waals surface area (Å²) in [5.41, 5.74) is 9.48. The number of amides is 1. The highest BCUT2D eigenvalue weighted by molar-refractivity contribution is 5.97. The molecule has 1 aromatic carbocycles. The molecule has 3 rings (SSSR count). The van der Waals surface area contributed by atoms with Gasteiger partial charge in [-0.2, -0.15) is 0 Å². The Morgan fingerprint density at radius 2 is 2.07 bits per heavy atom. The zero-order chi connectivity index (χ0) is 20.6. The van der Waals surface area contributed by atoms with Gasteiger partial charge in [0.05, 0.1) is 12.7 Å². The average molecular weight is 398 g/mol. The van der Waals surface area contributed by atoms with Crippen LogP contribution in [0.3, 0.4) is 0 Å². The number of nitrogens with zero attached hydrogens (tertiary/aromatic N) is 2. The van der Waals surface area contributed by atoms with Gasteiger partial charge < -0.3 is 26.0 Å². The molecule has 2 aromatic rings. The summed E-state index contributed by atoms with van der Waals surface area (Å²) in [5.74, 6) is 1.11. The van der Waals surface area contributed by atoms with Gasteiger partial charge in [0.1, 0.15) is 11.6 Å². The number of unbranched alkanes of at least 4 members (excludes halogenated alkanes) is 1. The van der Waals surface area contributed by atoms with Gasteiger partial charge in [-0.1, -0.05) is 19.4 Å². The van der Waals surface area contributed by atoms with Crippen LogP contribution in [0.25, 0.3) is 0 Å². The third-order valence-electron chi connectivity index (χ3n) is 5.04. The van der Waals surface area contributed by atoms with Crippen LogP contribution in [0.5, 0.6) is 5.75 Å². The number of nitrogens with two attached hydrogens (primary N) is 1. The third kappa shape index (κ3) is 5.60. The largest absolute Gasteiger partial charge is 0.496 e. The van der Waals surface area contributed by atoms with Crippen molar-refractivity contribution in [2.45, 2.75) is 26.2 Å². The molecule has 0 saturated carbocycles. The molecule has 0 unspecified atom stereocenters. The number of pyridine rings is 1. The Bertz CT molecular complexity index is 834. The van der Waals surface area contributed by atoms with E-state index in [0.717, 1.165) is 49.4 Å². The zero-order valence-corrected chi connectivity index (χ0v) is 17.3. The molecular weight excluding hydrogens is 366 g/mol. The minimum Gasteiger partial charge on any atom is -0.496 e. The second kappa shape index (κ2) is 10.1. The number of piperazine rings is 1. The fraction of sp³-hybridized carbons (Fsp3) is 0.455. The van der Waals surface area contributed by atoms with Crippen LogP contribution < -0.4 is 21.1 Å². The fourth-order valence-corrected chi connectivity index (χ4v) is 3.48. The lowest BCUT2D eigenvalue weighted by Crippen LogP contribution is -2.46. The molecule has 0 aliphatic carbocycles. The lowest BCUT2D eigenvalue weighted by Gasteiger charge is -2.28. The van der Waals surface area contributed by atoms with Crippen LogP contribution in [-0.4, -0.2) is 55.6 Å². The molecule has 0 spiro atoms. The number of carbonyl (C=O) groups is 1. The Labute approximate surface area is 172 Å². The monoisotopic (exact) mass is 397 g/mol. The summed E-state index contributed by atoms with van der Waals surface area (Å²) in [6.45, 7) is 6.15. The number of benzene rings is 1. The first-order valence-electron chi connectivity index (χ1n) is 10.3. The molecule has 1 aliphatic rings. The number of carbonyl (C=O) groups excluding carboxylic acids is 1. The molecule has 1 fully saturated rings. The van der Waals surface area contributed by atoms with E-state index in [9.17, 15) is 4.79 Å². The maximum Gasteiger partial charge on any atom is 0.257 e. The molecule has 1 aromatic heterocycles. The highest BCUT2D eigenvalue weighted by Crippen LogP contribution is 2.24. The molecule has 2 heterocycles. The number of ether oxygens (including phenoxy) is 1. The first-order valence-corrected chi connectivity index (χ1v) is 10.3. The second-order valence-corrected chi connectivity index (χ2v) is 7.31. The fourth-order valence-electron chi connectivity index (χ4n) is 3.48. The van der Waals surface area contributed by atoms with Gasteiger partial charge >= 0.3 is 0 Å². The Morgan fingerprint density at radius 1 is 1.28 bits per heavy atom. The number of hydrogen-bond donors (Lipinski definition) is 3. The number of aromatic nitrogens is 1. The van der Waals surface area contributed by atoms with Crippen molar-refractivity contribution in [3.8, 4) is 5.75 Å². The molecule has 7 heteroatoms. The average Bonchev–Trinajstić information content (AvgIpc) is 2.73. The topological polar surface area (TPSA) is 92.5 Å². The van der Waals surface area contributed by atoms with E-state index in [1.165, 1.54) is 0 Å². The van der Waals surface area contributed by atoms with Crippen molar-refractivity contribution in [2.75, 3.05) is 50.9 Å². The predicted octanol–water partition coefficient (Wildman–Crippen LogP) is 2.52. The summed E-state index contributed by atoms with van der Waals surface area (Å²) in [6, 6.07) is 9.62.